The van der Waals surface area contributed by atoms with E-state index in [2.05, 4.69) is 15.6 Å². The van der Waals surface area contributed by atoms with E-state index in [4.69, 9.17) is 18.9 Å². The highest BCUT2D eigenvalue weighted by atomic mass is 16.7. The Morgan fingerprint density at radius 1 is 1.17 bits per heavy atom. The second kappa shape index (κ2) is 8.09. The van der Waals surface area contributed by atoms with Gasteiger partial charge in [0.05, 0.1) is 25.0 Å². The molecule has 0 fully saturated rings. The first kappa shape index (κ1) is 18.6. The topological polar surface area (TPSA) is 96.7 Å². The van der Waals surface area contributed by atoms with Crippen LogP contribution in [0, 0.1) is 0 Å². The molecule has 1 unspecified atom stereocenters. The number of hydrogen-bond acceptors (Lipinski definition) is 7. The van der Waals surface area contributed by atoms with Gasteiger partial charge in [-0.15, -0.1) is 5.10 Å². The molecular weight excluding hydrogens is 376 g/mol. The number of fused-ring (bicyclic) bond motifs is 1. The van der Waals surface area contributed by atoms with E-state index in [9.17, 15) is 4.79 Å². The predicted molar refractivity (Wildman–Crippen MR) is 103 cm³/mol. The maximum absolute atomic E-state index is 12.4. The number of aromatic nitrogens is 3. The fraction of sp³-hybridized carbons (Fsp3) is 0.250. The molecule has 1 N–H and O–H groups in total. The van der Waals surface area contributed by atoms with Gasteiger partial charge in [-0.2, -0.15) is 0 Å². The smallest absolute Gasteiger partial charge is 0.273 e. The number of amides is 1. The van der Waals surface area contributed by atoms with E-state index in [1.165, 1.54) is 4.68 Å². The summed E-state index contributed by atoms with van der Waals surface area (Å²) < 4.78 is 23.0. The summed E-state index contributed by atoms with van der Waals surface area (Å²) in [5.74, 6) is 2.39. The molecule has 29 heavy (non-hydrogen) atoms. The molecule has 0 bridgehead atoms. The van der Waals surface area contributed by atoms with E-state index in [1.807, 2.05) is 31.2 Å². The quantitative estimate of drug-likeness (QED) is 0.654. The van der Waals surface area contributed by atoms with Crippen molar-refractivity contribution < 1.29 is 23.7 Å². The zero-order valence-corrected chi connectivity index (χ0v) is 16.0. The van der Waals surface area contributed by atoms with E-state index in [-0.39, 0.29) is 31.0 Å². The molecule has 2 aromatic carbocycles. The summed E-state index contributed by atoms with van der Waals surface area (Å²) >= 11 is 0. The summed E-state index contributed by atoms with van der Waals surface area (Å²) in [4.78, 5) is 12.4. The van der Waals surface area contributed by atoms with Crippen LogP contribution in [-0.4, -0.2) is 47.5 Å². The third-order valence-electron chi connectivity index (χ3n) is 4.28. The van der Waals surface area contributed by atoms with E-state index in [0.29, 0.717) is 17.2 Å². The van der Waals surface area contributed by atoms with Crippen molar-refractivity contribution in [2.75, 3.05) is 20.5 Å². The molecule has 3 aromatic rings. The lowest BCUT2D eigenvalue weighted by molar-refractivity contribution is 0.0921. The first-order valence-corrected chi connectivity index (χ1v) is 9.02. The summed E-state index contributed by atoms with van der Waals surface area (Å²) in [5.41, 5.74) is 0.993. The lowest BCUT2D eigenvalue weighted by atomic mass is 10.3. The molecule has 9 nitrogen and oxygen atoms in total. The minimum atomic E-state index is -0.327. The van der Waals surface area contributed by atoms with Crippen LogP contribution in [0.25, 0.3) is 5.69 Å². The van der Waals surface area contributed by atoms with Crippen molar-refractivity contribution in [2.24, 2.45) is 0 Å². The number of carbonyl (C=O) groups is 1. The zero-order valence-electron chi connectivity index (χ0n) is 16.0. The summed E-state index contributed by atoms with van der Waals surface area (Å²) in [6.07, 6.45) is 1.57. The van der Waals surface area contributed by atoms with Crippen LogP contribution in [0.5, 0.6) is 23.0 Å². The third-order valence-corrected chi connectivity index (χ3v) is 4.28. The standard InChI is InChI=1S/C20H20N4O5/c1-13(11-27-16-7-8-18-19(9-16)29-12-28-18)21-20(25)17-10-24(23-22-17)14-3-5-15(26-2)6-4-14/h3-10,13H,11-12H2,1-2H3,(H,21,25). The summed E-state index contributed by atoms with van der Waals surface area (Å²) in [6.45, 7) is 2.35. The number of rotatable bonds is 7. The Labute approximate surface area is 167 Å². The van der Waals surface area contributed by atoms with E-state index >= 15 is 0 Å². The number of ether oxygens (including phenoxy) is 4. The molecule has 2 heterocycles. The third kappa shape index (κ3) is 4.23. The van der Waals surface area contributed by atoms with Gasteiger partial charge in [0, 0.05) is 6.07 Å². The maximum atomic E-state index is 12.4. The molecule has 4 rings (SSSR count). The summed E-state index contributed by atoms with van der Waals surface area (Å²) in [7, 11) is 1.60. The van der Waals surface area contributed by atoms with Crippen molar-refractivity contribution in [1.29, 1.82) is 0 Å². The summed E-state index contributed by atoms with van der Waals surface area (Å²) in [5, 5.41) is 10.8. The molecule has 1 aliphatic rings. The Bertz CT molecular complexity index is 1000. The minimum absolute atomic E-state index is 0.211. The van der Waals surface area contributed by atoms with Crippen LogP contribution < -0.4 is 24.3 Å². The van der Waals surface area contributed by atoms with Crippen molar-refractivity contribution in [3.63, 3.8) is 0 Å². The van der Waals surface area contributed by atoms with Crippen molar-refractivity contribution in [3.8, 4) is 28.7 Å². The number of nitrogens with one attached hydrogen (secondary N) is 1. The van der Waals surface area contributed by atoms with Gasteiger partial charge < -0.3 is 24.3 Å². The largest absolute Gasteiger partial charge is 0.497 e. The van der Waals surface area contributed by atoms with E-state index in [0.717, 1.165) is 11.4 Å². The fourth-order valence-corrected chi connectivity index (χ4v) is 2.76. The van der Waals surface area contributed by atoms with Gasteiger partial charge in [0.15, 0.2) is 17.2 Å². The van der Waals surface area contributed by atoms with Crippen molar-refractivity contribution in [1.82, 2.24) is 20.3 Å². The SMILES string of the molecule is COc1ccc(-n2cc(C(=O)NC(C)COc3ccc4c(c3)OCO4)nn2)cc1. The van der Waals surface area contributed by atoms with E-state index < -0.39 is 0 Å². The predicted octanol–water partition coefficient (Wildman–Crippen LogP) is 2.20. The van der Waals surface area contributed by atoms with Gasteiger partial charge in [-0.25, -0.2) is 4.68 Å². The van der Waals surface area contributed by atoms with Crippen LogP contribution >= 0.6 is 0 Å². The van der Waals surface area contributed by atoms with Gasteiger partial charge in [0.2, 0.25) is 6.79 Å². The Morgan fingerprint density at radius 2 is 1.93 bits per heavy atom. The molecule has 1 atom stereocenters. The molecule has 0 spiro atoms. The Hall–Kier alpha value is -3.75. The van der Waals surface area contributed by atoms with Gasteiger partial charge in [-0.1, -0.05) is 5.21 Å². The number of carbonyl (C=O) groups excluding carboxylic acids is 1. The molecular formula is C20H20N4O5. The first-order valence-electron chi connectivity index (χ1n) is 9.02. The van der Waals surface area contributed by atoms with Crippen molar-refractivity contribution in [3.05, 3.63) is 54.4 Å². The van der Waals surface area contributed by atoms with Crippen LogP contribution in [0.4, 0.5) is 0 Å². The molecule has 0 saturated carbocycles. The fourth-order valence-electron chi connectivity index (χ4n) is 2.76. The summed E-state index contributed by atoms with van der Waals surface area (Å²) in [6, 6.07) is 12.4. The molecule has 1 amide bonds. The van der Waals surface area contributed by atoms with Crippen LogP contribution in [0.3, 0.4) is 0 Å². The van der Waals surface area contributed by atoms with Gasteiger partial charge in [0.1, 0.15) is 18.1 Å². The number of benzene rings is 2. The van der Waals surface area contributed by atoms with Gasteiger partial charge in [-0.3, -0.25) is 4.79 Å². The number of hydrogen-bond donors (Lipinski definition) is 1. The first-order chi connectivity index (χ1) is 14.1. The Kier molecular flexibility index (Phi) is 5.19. The minimum Gasteiger partial charge on any atom is -0.497 e. The Morgan fingerprint density at radius 3 is 2.72 bits per heavy atom. The second-order valence-electron chi connectivity index (χ2n) is 6.45. The van der Waals surface area contributed by atoms with Crippen LogP contribution in [-0.2, 0) is 0 Å². The maximum Gasteiger partial charge on any atom is 0.273 e. The van der Waals surface area contributed by atoms with Crippen molar-refractivity contribution >= 4 is 5.91 Å². The number of nitrogens with zero attached hydrogens (tertiary/aromatic N) is 3. The van der Waals surface area contributed by atoms with Gasteiger partial charge >= 0.3 is 0 Å². The number of methoxy groups -OCH3 is 1. The molecule has 1 aromatic heterocycles. The average molecular weight is 396 g/mol. The van der Waals surface area contributed by atoms with Crippen LogP contribution in [0.15, 0.2) is 48.7 Å². The van der Waals surface area contributed by atoms with Gasteiger partial charge in [0.25, 0.3) is 5.91 Å². The van der Waals surface area contributed by atoms with Crippen molar-refractivity contribution in [2.45, 2.75) is 13.0 Å². The highest BCUT2D eigenvalue weighted by Gasteiger charge is 2.16. The van der Waals surface area contributed by atoms with E-state index in [1.54, 1.807) is 31.5 Å². The monoisotopic (exact) mass is 396 g/mol. The molecule has 0 saturated heterocycles. The Balaban J connectivity index is 1.32. The second-order valence-corrected chi connectivity index (χ2v) is 6.45. The molecule has 9 heteroatoms. The highest BCUT2D eigenvalue weighted by Crippen LogP contribution is 2.35. The molecule has 0 aliphatic carbocycles. The average Bonchev–Trinajstić information content (AvgIpc) is 3.41. The molecule has 0 radical (unpaired) electrons. The lowest BCUT2D eigenvalue weighted by Gasteiger charge is -2.14. The zero-order chi connectivity index (χ0) is 20.2. The highest BCUT2D eigenvalue weighted by molar-refractivity contribution is 5.92. The van der Waals surface area contributed by atoms with Crippen LogP contribution in [0.2, 0.25) is 0 Å². The van der Waals surface area contributed by atoms with Crippen LogP contribution in [0.1, 0.15) is 17.4 Å². The lowest BCUT2D eigenvalue weighted by Crippen LogP contribution is -2.37. The molecule has 150 valence electrons. The molecule has 1 aliphatic heterocycles. The van der Waals surface area contributed by atoms with Gasteiger partial charge in [-0.05, 0) is 43.3 Å². The normalized spacial score (nSPS) is 13.0.